The van der Waals surface area contributed by atoms with Crippen LogP contribution in [0.3, 0.4) is 0 Å². The summed E-state index contributed by atoms with van der Waals surface area (Å²) in [6.45, 7) is 11.6. The molecule has 1 aliphatic carbocycles. The molecule has 1 N–H and O–H groups in total. The van der Waals surface area contributed by atoms with Crippen LogP contribution in [0.25, 0.3) is 0 Å². The van der Waals surface area contributed by atoms with E-state index in [9.17, 15) is 0 Å². The molecule has 0 aromatic carbocycles. The minimum Gasteiger partial charge on any atom is -0.309 e. The van der Waals surface area contributed by atoms with E-state index in [-0.39, 0.29) is 0 Å². The van der Waals surface area contributed by atoms with Crippen molar-refractivity contribution in [2.45, 2.75) is 65.5 Å². The molecule has 1 saturated carbocycles. The summed E-state index contributed by atoms with van der Waals surface area (Å²) in [5.41, 5.74) is 0.475. The zero-order valence-electron chi connectivity index (χ0n) is 9.85. The molecule has 0 spiro atoms. The molecule has 1 aliphatic rings. The van der Waals surface area contributed by atoms with Crippen LogP contribution in [0.1, 0.15) is 53.9 Å². The van der Waals surface area contributed by atoms with Gasteiger partial charge in [-0.25, -0.2) is 0 Å². The lowest BCUT2D eigenvalue weighted by Crippen LogP contribution is -2.62. The third-order valence-electron chi connectivity index (χ3n) is 3.68. The SMILES string of the molecule is CCCC1(NC(C)C)CC(C)C1C. The molecule has 1 fully saturated rings. The van der Waals surface area contributed by atoms with Gasteiger partial charge in [-0.05, 0) is 24.7 Å². The Morgan fingerprint density at radius 3 is 2.31 bits per heavy atom. The lowest BCUT2D eigenvalue weighted by molar-refractivity contribution is 0.0135. The predicted octanol–water partition coefficient (Wildman–Crippen LogP) is 3.20. The van der Waals surface area contributed by atoms with Crippen molar-refractivity contribution in [2.75, 3.05) is 0 Å². The van der Waals surface area contributed by atoms with Crippen LogP contribution >= 0.6 is 0 Å². The number of hydrogen-bond acceptors (Lipinski definition) is 1. The third kappa shape index (κ3) is 2.07. The van der Waals surface area contributed by atoms with Crippen LogP contribution in [0.15, 0.2) is 0 Å². The number of nitrogens with one attached hydrogen (secondary N) is 1. The molecule has 0 amide bonds. The maximum atomic E-state index is 3.77. The van der Waals surface area contributed by atoms with Crippen LogP contribution in [0.5, 0.6) is 0 Å². The Hall–Kier alpha value is -0.0400. The van der Waals surface area contributed by atoms with Gasteiger partial charge in [0.15, 0.2) is 0 Å². The molecule has 0 saturated heterocycles. The summed E-state index contributed by atoms with van der Waals surface area (Å²) in [5.74, 6) is 1.77. The van der Waals surface area contributed by atoms with Gasteiger partial charge in [0.05, 0.1) is 0 Å². The fourth-order valence-electron chi connectivity index (χ4n) is 2.93. The van der Waals surface area contributed by atoms with E-state index in [1.807, 2.05) is 0 Å². The van der Waals surface area contributed by atoms with Gasteiger partial charge in [0.2, 0.25) is 0 Å². The average molecular weight is 183 g/mol. The normalized spacial score (nSPS) is 39.2. The molecular formula is C12H25N. The summed E-state index contributed by atoms with van der Waals surface area (Å²) in [6.07, 6.45) is 4.02. The smallest absolute Gasteiger partial charge is 0.0214 e. The standard InChI is InChI=1S/C12H25N/c1-6-7-12(13-9(2)3)8-10(4)11(12)5/h9-11,13H,6-8H2,1-5H3. The van der Waals surface area contributed by atoms with Crippen molar-refractivity contribution in [1.82, 2.24) is 5.32 Å². The molecule has 13 heavy (non-hydrogen) atoms. The quantitative estimate of drug-likeness (QED) is 0.706. The zero-order valence-corrected chi connectivity index (χ0v) is 9.85. The van der Waals surface area contributed by atoms with Crippen LogP contribution in [0.4, 0.5) is 0 Å². The maximum Gasteiger partial charge on any atom is 0.0214 e. The van der Waals surface area contributed by atoms with E-state index in [1.54, 1.807) is 0 Å². The Kier molecular flexibility index (Phi) is 3.39. The fraction of sp³-hybridized carbons (Fsp3) is 1.00. The Morgan fingerprint density at radius 1 is 1.38 bits per heavy atom. The van der Waals surface area contributed by atoms with Gasteiger partial charge < -0.3 is 5.32 Å². The molecule has 0 aromatic rings. The van der Waals surface area contributed by atoms with Crippen molar-refractivity contribution >= 4 is 0 Å². The van der Waals surface area contributed by atoms with E-state index in [2.05, 4.69) is 39.9 Å². The molecule has 0 bridgehead atoms. The summed E-state index contributed by atoms with van der Waals surface area (Å²) < 4.78 is 0. The highest BCUT2D eigenvalue weighted by Crippen LogP contribution is 2.46. The van der Waals surface area contributed by atoms with Crippen molar-refractivity contribution in [3.05, 3.63) is 0 Å². The predicted molar refractivity (Wildman–Crippen MR) is 58.9 cm³/mol. The molecule has 1 nitrogen and oxygen atoms in total. The van der Waals surface area contributed by atoms with Gasteiger partial charge in [-0.2, -0.15) is 0 Å². The van der Waals surface area contributed by atoms with Crippen LogP contribution in [-0.2, 0) is 0 Å². The van der Waals surface area contributed by atoms with Crippen molar-refractivity contribution in [1.29, 1.82) is 0 Å². The van der Waals surface area contributed by atoms with E-state index in [4.69, 9.17) is 0 Å². The molecule has 3 unspecified atom stereocenters. The van der Waals surface area contributed by atoms with Crippen molar-refractivity contribution in [2.24, 2.45) is 11.8 Å². The van der Waals surface area contributed by atoms with Gasteiger partial charge >= 0.3 is 0 Å². The first kappa shape index (κ1) is 11.0. The van der Waals surface area contributed by atoms with Gasteiger partial charge in [0.1, 0.15) is 0 Å². The highest BCUT2D eigenvalue weighted by Gasteiger charge is 2.48. The molecule has 78 valence electrons. The zero-order chi connectivity index (χ0) is 10.1. The topological polar surface area (TPSA) is 12.0 Å². The van der Waals surface area contributed by atoms with Gasteiger partial charge in [-0.1, -0.05) is 41.0 Å². The second kappa shape index (κ2) is 4.00. The maximum absolute atomic E-state index is 3.77. The Bertz CT molecular complexity index is 161. The molecule has 3 atom stereocenters. The summed E-state index contributed by atoms with van der Waals surface area (Å²) in [6, 6.07) is 0.626. The molecule has 0 radical (unpaired) electrons. The minimum atomic E-state index is 0.475. The monoisotopic (exact) mass is 183 g/mol. The Labute approximate surface area is 83.3 Å². The largest absolute Gasteiger partial charge is 0.309 e. The molecule has 0 heterocycles. The Morgan fingerprint density at radius 2 is 2.00 bits per heavy atom. The summed E-state index contributed by atoms with van der Waals surface area (Å²) >= 11 is 0. The third-order valence-corrected chi connectivity index (χ3v) is 3.68. The number of rotatable bonds is 4. The first-order valence-electron chi connectivity index (χ1n) is 5.79. The van der Waals surface area contributed by atoms with E-state index in [0.717, 1.165) is 11.8 Å². The highest BCUT2D eigenvalue weighted by molar-refractivity contribution is 5.04. The lowest BCUT2D eigenvalue weighted by Gasteiger charge is -2.55. The van der Waals surface area contributed by atoms with Gasteiger partial charge in [-0.3, -0.25) is 0 Å². The lowest BCUT2D eigenvalue weighted by atomic mass is 9.58. The second-order valence-corrected chi connectivity index (χ2v) is 5.18. The summed E-state index contributed by atoms with van der Waals surface area (Å²) in [4.78, 5) is 0. The second-order valence-electron chi connectivity index (χ2n) is 5.18. The van der Waals surface area contributed by atoms with E-state index >= 15 is 0 Å². The number of hydrogen-bond donors (Lipinski definition) is 1. The van der Waals surface area contributed by atoms with Gasteiger partial charge in [0.25, 0.3) is 0 Å². The van der Waals surface area contributed by atoms with Gasteiger partial charge in [0, 0.05) is 11.6 Å². The van der Waals surface area contributed by atoms with E-state index in [0.29, 0.717) is 11.6 Å². The van der Waals surface area contributed by atoms with Gasteiger partial charge in [-0.15, -0.1) is 0 Å². The average Bonchev–Trinajstić information content (AvgIpc) is 2.03. The molecule has 1 rings (SSSR count). The van der Waals surface area contributed by atoms with Crippen molar-refractivity contribution in [3.63, 3.8) is 0 Å². The summed E-state index contributed by atoms with van der Waals surface area (Å²) in [5, 5.41) is 3.77. The van der Waals surface area contributed by atoms with Crippen LogP contribution in [0.2, 0.25) is 0 Å². The molecule has 0 aliphatic heterocycles. The molecular weight excluding hydrogens is 158 g/mol. The first-order chi connectivity index (χ1) is 6.02. The van der Waals surface area contributed by atoms with Crippen molar-refractivity contribution in [3.8, 4) is 0 Å². The van der Waals surface area contributed by atoms with E-state index in [1.165, 1.54) is 19.3 Å². The molecule has 0 aromatic heterocycles. The first-order valence-corrected chi connectivity index (χ1v) is 5.79. The van der Waals surface area contributed by atoms with Crippen molar-refractivity contribution < 1.29 is 0 Å². The summed E-state index contributed by atoms with van der Waals surface area (Å²) in [7, 11) is 0. The van der Waals surface area contributed by atoms with Crippen LogP contribution in [0, 0.1) is 11.8 Å². The molecule has 1 heteroatoms. The van der Waals surface area contributed by atoms with Crippen LogP contribution in [-0.4, -0.2) is 11.6 Å². The van der Waals surface area contributed by atoms with E-state index < -0.39 is 0 Å². The highest BCUT2D eigenvalue weighted by atomic mass is 15.0. The van der Waals surface area contributed by atoms with Crippen LogP contribution < -0.4 is 5.32 Å². The fourth-order valence-corrected chi connectivity index (χ4v) is 2.93. The minimum absolute atomic E-state index is 0.475. The Balaban J connectivity index is 2.56.